The number of aryl methyl sites for hydroxylation is 1. The van der Waals surface area contributed by atoms with Gasteiger partial charge < -0.3 is 14.8 Å². The Balaban J connectivity index is 2.03. The summed E-state index contributed by atoms with van der Waals surface area (Å²) < 4.78 is 10.4. The molecule has 1 N–H and O–H groups in total. The van der Waals surface area contributed by atoms with Gasteiger partial charge in [-0.25, -0.2) is 0 Å². The number of rotatable bonds is 6. The number of nitro benzene ring substituents is 1. The van der Waals surface area contributed by atoms with Crippen molar-refractivity contribution in [3.8, 4) is 11.5 Å². The van der Waals surface area contributed by atoms with Crippen LogP contribution in [0.25, 0.3) is 0 Å². The number of nitrogens with zero attached hydrogens (tertiary/aromatic N) is 1. The highest BCUT2D eigenvalue weighted by Crippen LogP contribution is 2.30. The van der Waals surface area contributed by atoms with Gasteiger partial charge in [-0.3, -0.25) is 14.9 Å². The molecule has 2 aromatic rings. The standard InChI is InChI=1S/C16H15ClN2O5/c1-10-6-14(15(23-2)8-13(10)17)18-16(20)9-24-12-5-3-4-11(7-12)19(21)22/h3-8H,9H2,1-2H3,(H,18,20). The van der Waals surface area contributed by atoms with Crippen LogP contribution < -0.4 is 14.8 Å². The zero-order chi connectivity index (χ0) is 17.7. The van der Waals surface area contributed by atoms with Gasteiger partial charge in [0.05, 0.1) is 23.8 Å². The Bertz CT molecular complexity index is 779. The van der Waals surface area contributed by atoms with Crippen molar-refractivity contribution in [3.63, 3.8) is 0 Å². The number of amides is 1. The number of hydrogen-bond donors (Lipinski definition) is 1. The highest BCUT2D eigenvalue weighted by Gasteiger charge is 2.12. The maximum Gasteiger partial charge on any atom is 0.273 e. The predicted molar refractivity (Wildman–Crippen MR) is 90.0 cm³/mol. The number of methoxy groups -OCH3 is 1. The van der Waals surface area contributed by atoms with E-state index in [2.05, 4.69) is 5.32 Å². The lowest BCUT2D eigenvalue weighted by molar-refractivity contribution is -0.384. The van der Waals surface area contributed by atoms with E-state index in [0.29, 0.717) is 16.5 Å². The number of nitro groups is 1. The summed E-state index contributed by atoms with van der Waals surface area (Å²) in [4.78, 5) is 22.2. The lowest BCUT2D eigenvalue weighted by Crippen LogP contribution is -2.20. The molecular formula is C16H15ClN2O5. The largest absolute Gasteiger partial charge is 0.495 e. The first kappa shape index (κ1) is 17.6. The zero-order valence-corrected chi connectivity index (χ0v) is 13.8. The Morgan fingerprint density at radius 1 is 1.33 bits per heavy atom. The number of benzene rings is 2. The van der Waals surface area contributed by atoms with Gasteiger partial charge in [-0.05, 0) is 24.6 Å². The van der Waals surface area contributed by atoms with E-state index in [1.807, 2.05) is 0 Å². The second-order valence-corrected chi connectivity index (χ2v) is 5.30. The van der Waals surface area contributed by atoms with Crippen molar-refractivity contribution in [1.29, 1.82) is 0 Å². The number of nitrogens with one attached hydrogen (secondary N) is 1. The SMILES string of the molecule is COc1cc(Cl)c(C)cc1NC(=O)COc1cccc([N+](=O)[O-])c1. The summed E-state index contributed by atoms with van der Waals surface area (Å²) in [6.45, 7) is 1.50. The van der Waals surface area contributed by atoms with E-state index in [1.54, 1.807) is 19.1 Å². The Kier molecular flexibility index (Phi) is 5.59. The van der Waals surface area contributed by atoms with Gasteiger partial charge in [0, 0.05) is 17.2 Å². The van der Waals surface area contributed by atoms with Crippen LogP contribution in [0.4, 0.5) is 11.4 Å². The summed E-state index contributed by atoms with van der Waals surface area (Å²) in [5, 5.41) is 13.9. The quantitative estimate of drug-likeness (QED) is 0.635. The number of non-ortho nitro benzene ring substituents is 1. The van der Waals surface area contributed by atoms with Crippen LogP contribution in [-0.2, 0) is 4.79 Å². The molecule has 24 heavy (non-hydrogen) atoms. The van der Waals surface area contributed by atoms with E-state index in [0.717, 1.165) is 5.56 Å². The molecule has 1 amide bonds. The second kappa shape index (κ2) is 7.65. The molecule has 0 aromatic heterocycles. The van der Waals surface area contributed by atoms with Gasteiger partial charge in [-0.2, -0.15) is 0 Å². The molecule has 0 aliphatic carbocycles. The van der Waals surface area contributed by atoms with Crippen LogP contribution >= 0.6 is 11.6 Å². The minimum atomic E-state index is -0.533. The highest BCUT2D eigenvalue weighted by atomic mass is 35.5. The van der Waals surface area contributed by atoms with E-state index in [-0.39, 0.29) is 18.0 Å². The molecule has 0 aliphatic heterocycles. The summed E-state index contributed by atoms with van der Waals surface area (Å²) in [7, 11) is 1.47. The van der Waals surface area contributed by atoms with Gasteiger partial charge in [-0.15, -0.1) is 0 Å². The molecule has 0 unspecified atom stereocenters. The Hall–Kier alpha value is -2.80. The third-order valence-electron chi connectivity index (χ3n) is 3.15. The number of carbonyl (C=O) groups excluding carboxylic acids is 1. The molecule has 0 heterocycles. The first-order valence-electron chi connectivity index (χ1n) is 6.92. The topological polar surface area (TPSA) is 90.7 Å². The first-order chi connectivity index (χ1) is 11.4. The molecule has 126 valence electrons. The number of halogens is 1. The molecule has 0 saturated heterocycles. The fourth-order valence-electron chi connectivity index (χ4n) is 1.95. The Labute approximate surface area is 143 Å². The summed E-state index contributed by atoms with van der Waals surface area (Å²) in [5.74, 6) is 0.231. The van der Waals surface area contributed by atoms with Gasteiger partial charge in [-0.1, -0.05) is 17.7 Å². The molecule has 0 radical (unpaired) electrons. The average molecular weight is 351 g/mol. The van der Waals surface area contributed by atoms with Crippen molar-refractivity contribution in [2.75, 3.05) is 19.0 Å². The molecule has 0 spiro atoms. The van der Waals surface area contributed by atoms with Crippen LogP contribution in [0.1, 0.15) is 5.56 Å². The molecule has 2 rings (SSSR count). The monoisotopic (exact) mass is 350 g/mol. The Morgan fingerprint density at radius 2 is 2.08 bits per heavy atom. The third kappa shape index (κ3) is 4.36. The Morgan fingerprint density at radius 3 is 2.75 bits per heavy atom. The highest BCUT2D eigenvalue weighted by molar-refractivity contribution is 6.31. The van der Waals surface area contributed by atoms with E-state index in [1.165, 1.54) is 31.4 Å². The van der Waals surface area contributed by atoms with Gasteiger partial charge >= 0.3 is 0 Å². The number of ether oxygens (including phenoxy) is 2. The van der Waals surface area contributed by atoms with E-state index < -0.39 is 10.8 Å². The lowest BCUT2D eigenvalue weighted by atomic mass is 10.2. The third-order valence-corrected chi connectivity index (χ3v) is 3.56. The fourth-order valence-corrected chi connectivity index (χ4v) is 2.11. The first-order valence-corrected chi connectivity index (χ1v) is 7.29. The molecule has 0 bridgehead atoms. The predicted octanol–water partition coefficient (Wildman–Crippen LogP) is 3.58. The van der Waals surface area contributed by atoms with Crippen molar-refractivity contribution in [3.05, 3.63) is 57.1 Å². The molecule has 2 aromatic carbocycles. The molecule has 0 fully saturated rings. The normalized spacial score (nSPS) is 10.1. The van der Waals surface area contributed by atoms with E-state index >= 15 is 0 Å². The van der Waals surface area contributed by atoms with Crippen LogP contribution in [0.2, 0.25) is 5.02 Å². The smallest absolute Gasteiger partial charge is 0.273 e. The van der Waals surface area contributed by atoms with Crippen LogP contribution in [-0.4, -0.2) is 24.5 Å². The fraction of sp³-hybridized carbons (Fsp3) is 0.188. The summed E-state index contributed by atoms with van der Waals surface area (Å²) >= 11 is 6.01. The van der Waals surface area contributed by atoms with Gasteiger partial charge in [0.25, 0.3) is 11.6 Å². The maximum atomic E-state index is 12.0. The van der Waals surface area contributed by atoms with Crippen molar-refractivity contribution in [2.45, 2.75) is 6.92 Å². The van der Waals surface area contributed by atoms with E-state index in [9.17, 15) is 14.9 Å². The molecular weight excluding hydrogens is 336 g/mol. The molecule has 7 nitrogen and oxygen atoms in total. The van der Waals surface area contributed by atoms with Crippen LogP contribution in [0.3, 0.4) is 0 Å². The average Bonchev–Trinajstić information content (AvgIpc) is 2.56. The van der Waals surface area contributed by atoms with Gasteiger partial charge in [0.2, 0.25) is 0 Å². The van der Waals surface area contributed by atoms with Gasteiger partial charge in [0.1, 0.15) is 11.5 Å². The van der Waals surface area contributed by atoms with Crippen molar-refractivity contribution >= 4 is 28.9 Å². The van der Waals surface area contributed by atoms with Gasteiger partial charge in [0.15, 0.2) is 6.61 Å². The summed E-state index contributed by atoms with van der Waals surface area (Å²) in [5.41, 5.74) is 1.14. The van der Waals surface area contributed by atoms with Crippen LogP contribution in [0.15, 0.2) is 36.4 Å². The number of anilines is 1. The molecule has 0 aliphatic rings. The molecule has 8 heteroatoms. The minimum absolute atomic E-state index is 0.108. The molecule has 0 atom stereocenters. The van der Waals surface area contributed by atoms with Crippen molar-refractivity contribution < 1.29 is 19.2 Å². The van der Waals surface area contributed by atoms with Crippen molar-refractivity contribution in [1.82, 2.24) is 0 Å². The number of carbonyl (C=O) groups is 1. The lowest BCUT2D eigenvalue weighted by Gasteiger charge is -2.12. The summed E-state index contributed by atoms with van der Waals surface area (Å²) in [6, 6.07) is 8.90. The van der Waals surface area contributed by atoms with Crippen molar-refractivity contribution in [2.24, 2.45) is 0 Å². The van der Waals surface area contributed by atoms with E-state index in [4.69, 9.17) is 21.1 Å². The van der Waals surface area contributed by atoms with Crippen LogP contribution in [0.5, 0.6) is 11.5 Å². The second-order valence-electron chi connectivity index (χ2n) is 4.89. The minimum Gasteiger partial charge on any atom is -0.495 e. The maximum absolute atomic E-state index is 12.0. The van der Waals surface area contributed by atoms with Crippen LogP contribution in [0, 0.1) is 17.0 Å². The molecule has 0 saturated carbocycles. The number of hydrogen-bond acceptors (Lipinski definition) is 5. The summed E-state index contributed by atoms with van der Waals surface area (Å²) in [6.07, 6.45) is 0. The zero-order valence-electron chi connectivity index (χ0n) is 13.0.